The van der Waals surface area contributed by atoms with Crippen LogP contribution in [-0.4, -0.2) is 46.1 Å². The van der Waals surface area contributed by atoms with Gasteiger partial charge in [-0.05, 0) is 25.0 Å². The van der Waals surface area contributed by atoms with E-state index in [0.717, 1.165) is 48.7 Å². The fraction of sp³-hybridized carbons (Fsp3) is 0.471. The van der Waals surface area contributed by atoms with Crippen molar-refractivity contribution in [3.8, 4) is 0 Å². The van der Waals surface area contributed by atoms with Crippen LogP contribution >= 0.6 is 0 Å². The number of rotatable bonds is 3. The number of anilines is 1. The van der Waals surface area contributed by atoms with Crippen molar-refractivity contribution >= 4 is 11.6 Å². The van der Waals surface area contributed by atoms with Crippen LogP contribution in [0, 0.1) is 12.8 Å². The minimum Gasteiger partial charge on any atom is -0.381 e. The number of aryl methyl sites for hydroxylation is 1. The summed E-state index contributed by atoms with van der Waals surface area (Å²) in [7, 11) is 1.79. The fourth-order valence-corrected chi connectivity index (χ4v) is 3.40. The van der Waals surface area contributed by atoms with Crippen LogP contribution in [0.25, 0.3) is 0 Å². The van der Waals surface area contributed by atoms with E-state index in [0.29, 0.717) is 5.92 Å². The van der Waals surface area contributed by atoms with Crippen molar-refractivity contribution in [2.75, 3.05) is 25.6 Å². The second kappa shape index (κ2) is 5.90. The zero-order valence-corrected chi connectivity index (χ0v) is 13.9. The van der Waals surface area contributed by atoms with Gasteiger partial charge in [-0.1, -0.05) is 17.3 Å². The molecule has 1 amide bonds. The van der Waals surface area contributed by atoms with E-state index in [-0.39, 0.29) is 12.1 Å². The van der Waals surface area contributed by atoms with Gasteiger partial charge in [0.15, 0.2) is 0 Å². The molecule has 1 N–H and O–H groups in total. The molecule has 2 atom stereocenters. The second-order valence-corrected chi connectivity index (χ2v) is 6.56. The molecule has 0 spiro atoms. The average molecular weight is 327 g/mol. The molecule has 4 rings (SSSR count). The predicted molar refractivity (Wildman–Crippen MR) is 88.6 cm³/mol. The third-order valence-electron chi connectivity index (χ3n) is 4.79. The highest BCUT2D eigenvalue weighted by Gasteiger charge is 2.33. The van der Waals surface area contributed by atoms with Gasteiger partial charge in [0.1, 0.15) is 11.9 Å². The SMILES string of the molecule is Cc1cccc2c1C(=O)N(C)C(c1cn(CC3CCOC3)nn1)N2. The van der Waals surface area contributed by atoms with Crippen LogP contribution in [0.3, 0.4) is 0 Å². The van der Waals surface area contributed by atoms with Gasteiger partial charge in [0, 0.05) is 31.8 Å². The third-order valence-corrected chi connectivity index (χ3v) is 4.79. The summed E-state index contributed by atoms with van der Waals surface area (Å²) in [4.78, 5) is 14.4. The van der Waals surface area contributed by atoms with Gasteiger partial charge in [-0.25, -0.2) is 0 Å². The molecular formula is C17H21N5O2. The number of benzene rings is 1. The number of hydrogen-bond acceptors (Lipinski definition) is 5. The number of ether oxygens (including phenoxy) is 1. The number of carbonyl (C=O) groups is 1. The van der Waals surface area contributed by atoms with Gasteiger partial charge in [0.05, 0.1) is 18.4 Å². The smallest absolute Gasteiger partial charge is 0.257 e. The summed E-state index contributed by atoms with van der Waals surface area (Å²) in [5.41, 5.74) is 3.30. The van der Waals surface area contributed by atoms with Crippen molar-refractivity contribution in [2.45, 2.75) is 26.1 Å². The highest BCUT2D eigenvalue weighted by Crippen LogP contribution is 2.32. The lowest BCUT2D eigenvalue weighted by Crippen LogP contribution is -2.40. The molecule has 2 aromatic rings. The van der Waals surface area contributed by atoms with E-state index in [4.69, 9.17) is 4.74 Å². The Morgan fingerprint density at radius 3 is 3.08 bits per heavy atom. The first-order chi connectivity index (χ1) is 11.6. The van der Waals surface area contributed by atoms with E-state index >= 15 is 0 Å². The van der Waals surface area contributed by atoms with Crippen LogP contribution in [0.4, 0.5) is 5.69 Å². The van der Waals surface area contributed by atoms with Gasteiger partial charge in [0.2, 0.25) is 0 Å². The van der Waals surface area contributed by atoms with Gasteiger partial charge in [-0.2, -0.15) is 0 Å². The molecule has 0 aliphatic carbocycles. The molecule has 7 heteroatoms. The summed E-state index contributed by atoms with van der Waals surface area (Å²) in [6.07, 6.45) is 2.67. The lowest BCUT2D eigenvalue weighted by Gasteiger charge is -2.34. The molecule has 24 heavy (non-hydrogen) atoms. The Bertz CT molecular complexity index is 766. The number of amides is 1. The topological polar surface area (TPSA) is 72.3 Å². The zero-order chi connectivity index (χ0) is 16.7. The van der Waals surface area contributed by atoms with Crippen molar-refractivity contribution in [1.29, 1.82) is 0 Å². The summed E-state index contributed by atoms with van der Waals surface area (Å²) in [5.74, 6) is 0.493. The first-order valence-corrected chi connectivity index (χ1v) is 8.24. The molecule has 1 saturated heterocycles. The van der Waals surface area contributed by atoms with Crippen molar-refractivity contribution < 1.29 is 9.53 Å². The maximum atomic E-state index is 12.7. The van der Waals surface area contributed by atoms with Crippen LogP contribution < -0.4 is 5.32 Å². The third kappa shape index (κ3) is 2.54. The van der Waals surface area contributed by atoms with E-state index in [1.807, 2.05) is 36.0 Å². The molecule has 0 bridgehead atoms. The summed E-state index contributed by atoms with van der Waals surface area (Å²) >= 11 is 0. The molecule has 2 aliphatic rings. The first-order valence-electron chi connectivity index (χ1n) is 8.24. The maximum Gasteiger partial charge on any atom is 0.257 e. The van der Waals surface area contributed by atoms with Crippen LogP contribution in [0.1, 0.15) is 34.2 Å². The average Bonchev–Trinajstić information content (AvgIpc) is 3.23. The molecule has 2 aliphatic heterocycles. The molecule has 0 saturated carbocycles. The van der Waals surface area contributed by atoms with E-state index in [9.17, 15) is 4.79 Å². The van der Waals surface area contributed by atoms with Crippen molar-refractivity contribution in [3.63, 3.8) is 0 Å². The Balaban J connectivity index is 1.58. The predicted octanol–water partition coefficient (Wildman–Crippen LogP) is 1.82. The molecular weight excluding hydrogens is 306 g/mol. The molecule has 1 aromatic carbocycles. The standard InChI is InChI=1S/C17H21N5O2/c1-11-4-3-5-13-15(11)17(23)21(2)16(18-13)14-9-22(20-19-14)8-12-6-7-24-10-12/h3-5,9,12,16,18H,6-8,10H2,1-2H3. The lowest BCUT2D eigenvalue weighted by atomic mass is 10.0. The number of aromatic nitrogens is 3. The monoisotopic (exact) mass is 327 g/mol. The normalized spacial score (nSPS) is 23.2. The number of nitrogens with one attached hydrogen (secondary N) is 1. The largest absolute Gasteiger partial charge is 0.381 e. The number of nitrogens with zero attached hydrogens (tertiary/aromatic N) is 4. The van der Waals surface area contributed by atoms with Crippen LogP contribution in [0.15, 0.2) is 24.4 Å². The minimum absolute atomic E-state index is 0.00518. The fourth-order valence-electron chi connectivity index (χ4n) is 3.40. The summed E-state index contributed by atoms with van der Waals surface area (Å²) in [6, 6.07) is 5.83. The minimum atomic E-state index is -0.305. The Labute approximate surface area is 140 Å². The van der Waals surface area contributed by atoms with Crippen molar-refractivity contribution in [1.82, 2.24) is 19.9 Å². The van der Waals surface area contributed by atoms with Crippen molar-refractivity contribution in [2.24, 2.45) is 5.92 Å². The van der Waals surface area contributed by atoms with E-state index < -0.39 is 0 Å². The second-order valence-electron chi connectivity index (χ2n) is 6.56. The molecule has 3 heterocycles. The Kier molecular flexibility index (Phi) is 3.72. The molecule has 1 fully saturated rings. The number of hydrogen-bond donors (Lipinski definition) is 1. The summed E-state index contributed by atoms with van der Waals surface area (Å²) in [5, 5.41) is 11.9. The Morgan fingerprint density at radius 2 is 2.29 bits per heavy atom. The summed E-state index contributed by atoms with van der Waals surface area (Å²) < 4.78 is 7.25. The van der Waals surface area contributed by atoms with E-state index in [1.165, 1.54) is 0 Å². The molecule has 126 valence electrons. The highest BCUT2D eigenvalue weighted by atomic mass is 16.5. The lowest BCUT2D eigenvalue weighted by molar-refractivity contribution is 0.0731. The first kappa shape index (κ1) is 15.1. The molecule has 1 aromatic heterocycles. The van der Waals surface area contributed by atoms with Crippen molar-refractivity contribution in [3.05, 3.63) is 41.2 Å². The Morgan fingerprint density at radius 1 is 1.42 bits per heavy atom. The number of fused-ring (bicyclic) bond motifs is 1. The maximum absolute atomic E-state index is 12.7. The quantitative estimate of drug-likeness (QED) is 0.931. The van der Waals surface area contributed by atoms with Crippen LogP contribution in [0.2, 0.25) is 0 Å². The molecule has 0 radical (unpaired) electrons. The molecule has 7 nitrogen and oxygen atoms in total. The number of carbonyl (C=O) groups excluding carboxylic acids is 1. The zero-order valence-electron chi connectivity index (χ0n) is 13.9. The molecule has 2 unspecified atom stereocenters. The van der Waals surface area contributed by atoms with E-state index in [1.54, 1.807) is 11.9 Å². The van der Waals surface area contributed by atoms with Crippen LogP contribution in [0.5, 0.6) is 0 Å². The Hall–Kier alpha value is -2.41. The summed E-state index contributed by atoms with van der Waals surface area (Å²) in [6.45, 7) is 4.35. The highest BCUT2D eigenvalue weighted by molar-refractivity contribution is 6.02. The van der Waals surface area contributed by atoms with Gasteiger partial charge in [-0.3, -0.25) is 9.48 Å². The van der Waals surface area contributed by atoms with E-state index in [2.05, 4.69) is 15.6 Å². The van der Waals surface area contributed by atoms with Gasteiger partial charge >= 0.3 is 0 Å². The van der Waals surface area contributed by atoms with Crippen LogP contribution in [-0.2, 0) is 11.3 Å². The van der Waals surface area contributed by atoms with Gasteiger partial charge in [0.25, 0.3) is 5.91 Å². The van der Waals surface area contributed by atoms with Gasteiger partial charge in [-0.15, -0.1) is 5.10 Å². The van der Waals surface area contributed by atoms with Gasteiger partial charge < -0.3 is 15.0 Å².